The van der Waals surface area contributed by atoms with Crippen LogP contribution in [0.15, 0.2) is 47.4 Å². The summed E-state index contributed by atoms with van der Waals surface area (Å²) in [5.41, 5.74) is 1.45. The molecule has 0 spiro atoms. The van der Waals surface area contributed by atoms with Crippen LogP contribution in [-0.4, -0.2) is 23.4 Å². The molecule has 3 nitrogen and oxygen atoms in total. The summed E-state index contributed by atoms with van der Waals surface area (Å²) in [5.74, 6) is 6.54. The standard InChI is InChI=1S/C19H17ClO3S/c1-2-10-24-17-5-3-4-14(11-17)6-7-15-12-16(20)8-9-18(15)23-13-19(21)22/h3-5,8-9,11-12H,2,10,13H2,1H3,(H,21,22). The fourth-order valence-electron chi connectivity index (χ4n) is 1.89. The Morgan fingerprint density at radius 3 is 2.83 bits per heavy atom. The first-order chi connectivity index (χ1) is 11.6. The van der Waals surface area contributed by atoms with Crippen LogP contribution >= 0.6 is 23.4 Å². The van der Waals surface area contributed by atoms with Gasteiger partial charge in [0.15, 0.2) is 6.61 Å². The lowest BCUT2D eigenvalue weighted by Crippen LogP contribution is -2.10. The maximum Gasteiger partial charge on any atom is 0.341 e. The van der Waals surface area contributed by atoms with Crippen LogP contribution in [-0.2, 0) is 4.79 Å². The lowest BCUT2D eigenvalue weighted by molar-refractivity contribution is -0.139. The highest BCUT2D eigenvalue weighted by Crippen LogP contribution is 2.23. The van der Waals surface area contributed by atoms with Gasteiger partial charge < -0.3 is 9.84 Å². The zero-order chi connectivity index (χ0) is 17.4. The van der Waals surface area contributed by atoms with Crippen LogP contribution in [0.2, 0.25) is 5.02 Å². The normalized spacial score (nSPS) is 9.92. The van der Waals surface area contributed by atoms with E-state index in [1.807, 2.05) is 18.2 Å². The molecule has 124 valence electrons. The Balaban J connectivity index is 2.23. The number of rotatable bonds is 6. The molecule has 1 N–H and O–H groups in total. The van der Waals surface area contributed by atoms with Crippen LogP contribution in [0.25, 0.3) is 0 Å². The third-order valence-corrected chi connectivity index (χ3v) is 4.38. The zero-order valence-corrected chi connectivity index (χ0v) is 14.8. The third-order valence-electron chi connectivity index (χ3n) is 2.94. The van der Waals surface area contributed by atoms with Gasteiger partial charge in [-0.2, -0.15) is 0 Å². The van der Waals surface area contributed by atoms with Gasteiger partial charge in [-0.3, -0.25) is 0 Å². The van der Waals surface area contributed by atoms with E-state index in [9.17, 15) is 4.79 Å². The second-order valence-corrected chi connectivity index (χ2v) is 6.55. The van der Waals surface area contributed by atoms with Crippen LogP contribution in [0.1, 0.15) is 24.5 Å². The van der Waals surface area contributed by atoms with E-state index in [4.69, 9.17) is 21.4 Å². The molecule has 2 aromatic rings. The van der Waals surface area contributed by atoms with Crippen LogP contribution in [0.3, 0.4) is 0 Å². The molecule has 24 heavy (non-hydrogen) atoms. The van der Waals surface area contributed by atoms with Gasteiger partial charge in [0.25, 0.3) is 0 Å². The van der Waals surface area contributed by atoms with Gasteiger partial charge in [-0.25, -0.2) is 4.79 Å². The highest BCUT2D eigenvalue weighted by Gasteiger charge is 2.05. The number of hydrogen-bond donors (Lipinski definition) is 1. The number of aliphatic carboxylic acids is 1. The topological polar surface area (TPSA) is 46.5 Å². The Kier molecular flexibility index (Phi) is 7.05. The fraction of sp³-hybridized carbons (Fsp3) is 0.211. The van der Waals surface area contributed by atoms with Crippen molar-refractivity contribution in [2.24, 2.45) is 0 Å². The highest BCUT2D eigenvalue weighted by molar-refractivity contribution is 7.99. The van der Waals surface area contributed by atoms with Crippen molar-refractivity contribution < 1.29 is 14.6 Å². The summed E-state index contributed by atoms with van der Waals surface area (Å²) in [4.78, 5) is 11.8. The predicted molar refractivity (Wildman–Crippen MR) is 98.0 cm³/mol. The smallest absolute Gasteiger partial charge is 0.341 e. The van der Waals surface area contributed by atoms with E-state index in [1.165, 1.54) is 4.90 Å². The van der Waals surface area contributed by atoms with Crippen molar-refractivity contribution >= 4 is 29.3 Å². The van der Waals surface area contributed by atoms with Crippen molar-refractivity contribution in [3.63, 3.8) is 0 Å². The van der Waals surface area contributed by atoms with Gasteiger partial charge >= 0.3 is 5.97 Å². The summed E-state index contributed by atoms with van der Waals surface area (Å²) in [6.07, 6.45) is 1.12. The van der Waals surface area contributed by atoms with Crippen molar-refractivity contribution in [3.8, 4) is 17.6 Å². The van der Waals surface area contributed by atoms with E-state index in [2.05, 4.69) is 24.8 Å². The van der Waals surface area contributed by atoms with Gasteiger partial charge in [0.1, 0.15) is 5.75 Å². The summed E-state index contributed by atoms with van der Waals surface area (Å²) in [6, 6.07) is 12.9. The molecule has 0 amide bonds. The van der Waals surface area contributed by atoms with Crippen molar-refractivity contribution in [1.29, 1.82) is 0 Å². The van der Waals surface area contributed by atoms with E-state index in [1.54, 1.807) is 30.0 Å². The van der Waals surface area contributed by atoms with Gasteiger partial charge in [-0.1, -0.05) is 36.4 Å². The van der Waals surface area contributed by atoms with Crippen LogP contribution in [0, 0.1) is 11.8 Å². The molecule has 0 aromatic heterocycles. The molecule has 0 atom stereocenters. The second kappa shape index (κ2) is 9.27. The number of carboxylic acids is 1. The number of carbonyl (C=O) groups is 1. The summed E-state index contributed by atoms with van der Waals surface area (Å²) < 4.78 is 5.25. The molecule has 0 aliphatic rings. The average molecular weight is 361 g/mol. The van der Waals surface area contributed by atoms with Crippen LogP contribution < -0.4 is 4.74 Å². The first kappa shape index (κ1) is 18.3. The first-order valence-corrected chi connectivity index (χ1v) is 8.84. The summed E-state index contributed by atoms with van der Waals surface area (Å²) in [5, 5.41) is 9.26. The molecule has 0 saturated heterocycles. The molecule has 0 saturated carbocycles. The molecule has 0 unspecified atom stereocenters. The first-order valence-electron chi connectivity index (χ1n) is 7.47. The number of benzene rings is 2. The molecule has 5 heteroatoms. The van der Waals surface area contributed by atoms with Crippen LogP contribution in [0.5, 0.6) is 5.75 Å². The SMILES string of the molecule is CCCSc1cccc(C#Cc2cc(Cl)ccc2OCC(=O)O)c1. The quantitative estimate of drug-likeness (QED) is 0.599. The highest BCUT2D eigenvalue weighted by atomic mass is 35.5. The Hall–Kier alpha value is -2.09. The van der Waals surface area contributed by atoms with Crippen molar-refractivity contribution in [3.05, 3.63) is 58.6 Å². The number of halogens is 1. The lowest BCUT2D eigenvalue weighted by atomic mass is 10.1. The maximum absolute atomic E-state index is 10.7. The van der Waals surface area contributed by atoms with Crippen molar-refractivity contribution in [1.82, 2.24) is 0 Å². The van der Waals surface area contributed by atoms with Crippen LogP contribution in [0.4, 0.5) is 0 Å². The van der Waals surface area contributed by atoms with Gasteiger partial charge in [0, 0.05) is 15.5 Å². The monoisotopic (exact) mass is 360 g/mol. The minimum absolute atomic E-state index is 0.408. The Morgan fingerprint density at radius 2 is 2.08 bits per heavy atom. The van der Waals surface area contributed by atoms with E-state index in [0.29, 0.717) is 16.3 Å². The zero-order valence-electron chi connectivity index (χ0n) is 13.2. The minimum Gasteiger partial charge on any atom is -0.481 e. The number of ether oxygens (including phenoxy) is 1. The molecule has 0 heterocycles. The summed E-state index contributed by atoms with van der Waals surface area (Å²) >= 11 is 7.80. The van der Waals surface area contributed by atoms with E-state index in [0.717, 1.165) is 17.7 Å². The third kappa shape index (κ3) is 5.84. The molecule has 0 bridgehead atoms. The van der Waals surface area contributed by atoms with Gasteiger partial charge in [-0.15, -0.1) is 11.8 Å². The maximum atomic E-state index is 10.7. The van der Waals surface area contributed by atoms with E-state index >= 15 is 0 Å². The molecule has 2 aromatic carbocycles. The number of carboxylic acid groups (broad SMARTS) is 1. The molecule has 0 aliphatic carbocycles. The number of thioether (sulfide) groups is 1. The fourth-order valence-corrected chi connectivity index (χ4v) is 2.89. The molecule has 0 aliphatic heterocycles. The summed E-state index contributed by atoms with van der Waals surface area (Å²) in [6.45, 7) is 1.73. The van der Waals surface area contributed by atoms with Crippen molar-refractivity contribution in [2.45, 2.75) is 18.2 Å². The van der Waals surface area contributed by atoms with Gasteiger partial charge in [0.2, 0.25) is 0 Å². The minimum atomic E-state index is -1.04. The molecule has 0 radical (unpaired) electrons. The Morgan fingerprint density at radius 1 is 1.25 bits per heavy atom. The average Bonchev–Trinajstić information content (AvgIpc) is 2.57. The molecule has 2 rings (SSSR count). The Labute approximate surface area is 151 Å². The predicted octanol–water partition coefficient (Wildman–Crippen LogP) is 4.71. The molecule has 0 fully saturated rings. The second-order valence-electron chi connectivity index (χ2n) is 4.95. The van der Waals surface area contributed by atoms with Gasteiger partial charge in [-0.05, 0) is 48.6 Å². The van der Waals surface area contributed by atoms with Gasteiger partial charge in [0.05, 0.1) is 5.56 Å². The molecular formula is C19H17ClO3S. The van der Waals surface area contributed by atoms with E-state index < -0.39 is 12.6 Å². The van der Waals surface area contributed by atoms with Crippen molar-refractivity contribution in [2.75, 3.05) is 12.4 Å². The Bertz CT molecular complexity index is 778. The number of hydrogen-bond acceptors (Lipinski definition) is 3. The molecular weight excluding hydrogens is 344 g/mol. The summed E-state index contributed by atoms with van der Waals surface area (Å²) in [7, 11) is 0. The van der Waals surface area contributed by atoms with E-state index in [-0.39, 0.29) is 0 Å². The lowest BCUT2D eigenvalue weighted by Gasteiger charge is -2.06. The largest absolute Gasteiger partial charge is 0.481 e.